The molecule has 3 nitrogen and oxygen atoms in total. The first-order valence-electron chi connectivity index (χ1n) is 4.77. The topological polar surface area (TPSA) is 38.3 Å². The van der Waals surface area contributed by atoms with Crippen molar-refractivity contribution in [3.63, 3.8) is 0 Å². The van der Waals surface area contributed by atoms with Gasteiger partial charge in [-0.15, -0.1) is 0 Å². The van der Waals surface area contributed by atoms with E-state index in [9.17, 15) is 4.79 Å². The molecule has 1 rings (SSSR count). The molecule has 0 fully saturated rings. The first-order chi connectivity index (χ1) is 7.08. The molecule has 0 aliphatic rings. The van der Waals surface area contributed by atoms with Crippen molar-refractivity contribution in [1.82, 2.24) is 0 Å². The summed E-state index contributed by atoms with van der Waals surface area (Å²) < 4.78 is 5.97. The van der Waals surface area contributed by atoms with Gasteiger partial charge in [0.05, 0.1) is 6.10 Å². The van der Waals surface area contributed by atoms with Crippen LogP contribution in [0.15, 0.2) is 28.7 Å². The second kappa shape index (κ2) is 5.75. The summed E-state index contributed by atoms with van der Waals surface area (Å²) in [7, 11) is 0. The van der Waals surface area contributed by atoms with Crippen molar-refractivity contribution in [2.45, 2.75) is 20.0 Å². The highest BCUT2D eigenvalue weighted by molar-refractivity contribution is 9.10. The lowest BCUT2D eigenvalue weighted by molar-refractivity contribution is -0.145. The molecule has 0 amide bonds. The van der Waals surface area contributed by atoms with Gasteiger partial charge in [0, 0.05) is 10.2 Å². The van der Waals surface area contributed by atoms with Gasteiger partial charge < -0.3 is 10.1 Å². The largest absolute Gasteiger partial charge is 0.462 e. The molecule has 82 valence electrons. The Bertz CT molecular complexity index is 339. The predicted octanol–water partition coefficient (Wildman–Crippen LogP) is 2.81. The summed E-state index contributed by atoms with van der Waals surface area (Å²) >= 11 is 3.35. The minimum atomic E-state index is -0.245. The molecular weight excluding hydrogens is 258 g/mol. The molecule has 1 aromatic carbocycles. The van der Waals surface area contributed by atoms with Crippen molar-refractivity contribution < 1.29 is 9.53 Å². The number of nitrogens with one attached hydrogen (secondary N) is 1. The van der Waals surface area contributed by atoms with Crippen molar-refractivity contribution in [3.8, 4) is 0 Å². The molecule has 0 aromatic heterocycles. The van der Waals surface area contributed by atoms with Gasteiger partial charge in [-0.3, -0.25) is 4.79 Å². The molecule has 0 bridgehead atoms. The number of rotatable bonds is 4. The molecule has 15 heavy (non-hydrogen) atoms. The highest BCUT2D eigenvalue weighted by Gasteiger charge is 2.04. The average Bonchev–Trinajstić information content (AvgIpc) is 2.14. The molecule has 0 aliphatic heterocycles. The van der Waals surface area contributed by atoms with E-state index < -0.39 is 0 Å². The zero-order valence-corrected chi connectivity index (χ0v) is 10.4. The average molecular weight is 272 g/mol. The third-order valence-electron chi connectivity index (χ3n) is 1.63. The summed E-state index contributed by atoms with van der Waals surface area (Å²) in [5.74, 6) is -0.245. The fourth-order valence-corrected chi connectivity index (χ4v) is 1.48. The number of ether oxygens (including phenoxy) is 1. The summed E-state index contributed by atoms with van der Waals surface area (Å²) in [4.78, 5) is 11.2. The summed E-state index contributed by atoms with van der Waals surface area (Å²) in [6, 6.07) is 7.63. The van der Waals surface area contributed by atoms with E-state index in [-0.39, 0.29) is 18.6 Å². The van der Waals surface area contributed by atoms with E-state index in [0.717, 1.165) is 10.2 Å². The normalized spacial score (nSPS) is 10.1. The highest BCUT2D eigenvalue weighted by Crippen LogP contribution is 2.15. The van der Waals surface area contributed by atoms with E-state index in [4.69, 9.17) is 4.74 Å². The molecule has 0 unspecified atom stereocenters. The maximum absolute atomic E-state index is 11.2. The highest BCUT2D eigenvalue weighted by atomic mass is 79.9. The molecule has 0 heterocycles. The van der Waals surface area contributed by atoms with Crippen molar-refractivity contribution in [2.75, 3.05) is 11.9 Å². The van der Waals surface area contributed by atoms with Crippen molar-refractivity contribution in [2.24, 2.45) is 0 Å². The van der Waals surface area contributed by atoms with Gasteiger partial charge >= 0.3 is 5.97 Å². The minimum Gasteiger partial charge on any atom is -0.462 e. The molecule has 0 aliphatic carbocycles. The number of carbonyl (C=O) groups is 1. The molecule has 1 N–H and O–H groups in total. The van der Waals surface area contributed by atoms with E-state index in [0.29, 0.717) is 0 Å². The SMILES string of the molecule is CC(C)OC(=O)CNc1cccc(Br)c1. The predicted molar refractivity (Wildman–Crippen MR) is 63.9 cm³/mol. The van der Waals surface area contributed by atoms with Gasteiger partial charge in [-0.2, -0.15) is 0 Å². The Hall–Kier alpha value is -1.03. The van der Waals surface area contributed by atoms with Crippen LogP contribution in [0.3, 0.4) is 0 Å². The quantitative estimate of drug-likeness (QED) is 0.856. The summed E-state index contributed by atoms with van der Waals surface area (Å²) in [6.45, 7) is 3.85. The lowest BCUT2D eigenvalue weighted by Crippen LogP contribution is -2.20. The van der Waals surface area contributed by atoms with Gasteiger partial charge in [0.1, 0.15) is 6.54 Å². The maximum Gasteiger partial charge on any atom is 0.325 e. The number of benzene rings is 1. The fraction of sp³-hybridized carbons (Fsp3) is 0.364. The van der Waals surface area contributed by atoms with Crippen molar-refractivity contribution in [1.29, 1.82) is 0 Å². The van der Waals surface area contributed by atoms with Crippen LogP contribution >= 0.6 is 15.9 Å². The lowest BCUT2D eigenvalue weighted by Gasteiger charge is -2.09. The van der Waals surface area contributed by atoms with Gasteiger partial charge in [0.15, 0.2) is 0 Å². The van der Waals surface area contributed by atoms with Crippen LogP contribution in [0.1, 0.15) is 13.8 Å². The summed E-state index contributed by atoms with van der Waals surface area (Å²) in [6.07, 6.45) is -0.0678. The van der Waals surface area contributed by atoms with Crippen LogP contribution in [0.4, 0.5) is 5.69 Å². The monoisotopic (exact) mass is 271 g/mol. The number of hydrogen-bond donors (Lipinski definition) is 1. The molecule has 0 radical (unpaired) electrons. The Morgan fingerprint density at radius 1 is 1.53 bits per heavy atom. The van der Waals surface area contributed by atoms with Crippen LogP contribution in [0.5, 0.6) is 0 Å². The number of halogens is 1. The van der Waals surface area contributed by atoms with E-state index in [1.807, 2.05) is 38.1 Å². The fourth-order valence-electron chi connectivity index (χ4n) is 1.08. The standard InChI is InChI=1S/C11H14BrNO2/c1-8(2)15-11(14)7-13-10-5-3-4-9(12)6-10/h3-6,8,13H,7H2,1-2H3. The second-order valence-corrected chi connectivity index (χ2v) is 4.32. The Balaban J connectivity index is 2.40. The molecule has 0 atom stereocenters. The Morgan fingerprint density at radius 2 is 2.27 bits per heavy atom. The van der Waals surface area contributed by atoms with E-state index in [1.165, 1.54) is 0 Å². The van der Waals surface area contributed by atoms with Crippen LogP contribution in [0, 0.1) is 0 Å². The van der Waals surface area contributed by atoms with Crippen molar-refractivity contribution >= 4 is 27.6 Å². The second-order valence-electron chi connectivity index (χ2n) is 3.40. The Labute approximate surface area is 97.9 Å². The first-order valence-corrected chi connectivity index (χ1v) is 5.56. The van der Waals surface area contributed by atoms with E-state index >= 15 is 0 Å². The molecule has 0 saturated carbocycles. The molecule has 0 saturated heterocycles. The minimum absolute atomic E-state index is 0.0678. The molecular formula is C11H14BrNO2. The number of esters is 1. The Kier molecular flexibility index (Phi) is 4.62. The van der Waals surface area contributed by atoms with Gasteiger partial charge in [-0.25, -0.2) is 0 Å². The maximum atomic E-state index is 11.2. The summed E-state index contributed by atoms with van der Waals surface area (Å²) in [5.41, 5.74) is 0.894. The van der Waals surface area contributed by atoms with Crippen LogP contribution in [0.2, 0.25) is 0 Å². The first kappa shape index (κ1) is 12.0. The van der Waals surface area contributed by atoms with Crippen LogP contribution in [0.25, 0.3) is 0 Å². The van der Waals surface area contributed by atoms with E-state index in [1.54, 1.807) is 0 Å². The van der Waals surface area contributed by atoms with Gasteiger partial charge in [0.25, 0.3) is 0 Å². The number of carbonyl (C=O) groups excluding carboxylic acids is 1. The lowest BCUT2D eigenvalue weighted by atomic mass is 10.3. The third kappa shape index (κ3) is 4.83. The van der Waals surface area contributed by atoms with Gasteiger partial charge in [-0.1, -0.05) is 22.0 Å². The van der Waals surface area contributed by atoms with Crippen molar-refractivity contribution in [3.05, 3.63) is 28.7 Å². The Morgan fingerprint density at radius 3 is 2.87 bits per heavy atom. The number of anilines is 1. The smallest absolute Gasteiger partial charge is 0.325 e. The van der Waals surface area contributed by atoms with Crippen LogP contribution in [-0.2, 0) is 9.53 Å². The summed E-state index contributed by atoms with van der Waals surface area (Å²) in [5, 5.41) is 2.99. The zero-order chi connectivity index (χ0) is 11.3. The number of hydrogen-bond acceptors (Lipinski definition) is 3. The third-order valence-corrected chi connectivity index (χ3v) is 2.12. The van der Waals surface area contributed by atoms with Gasteiger partial charge in [-0.05, 0) is 32.0 Å². The molecule has 0 spiro atoms. The van der Waals surface area contributed by atoms with Crippen LogP contribution in [-0.4, -0.2) is 18.6 Å². The van der Waals surface area contributed by atoms with E-state index in [2.05, 4.69) is 21.2 Å². The van der Waals surface area contributed by atoms with Gasteiger partial charge in [0.2, 0.25) is 0 Å². The molecule has 4 heteroatoms. The zero-order valence-electron chi connectivity index (χ0n) is 8.79. The molecule has 1 aromatic rings. The van der Waals surface area contributed by atoms with Crippen LogP contribution < -0.4 is 5.32 Å².